The van der Waals surface area contributed by atoms with Crippen LogP contribution in [0, 0.1) is 5.82 Å². The van der Waals surface area contributed by atoms with Gasteiger partial charge in [-0.3, -0.25) is 13.9 Å². The number of nitrogens with one attached hydrogen (secondary N) is 1. The number of para-hydroxylation sites is 2. The second kappa shape index (κ2) is 15.3. The van der Waals surface area contributed by atoms with Crippen LogP contribution in [-0.2, 0) is 32.6 Å². The highest BCUT2D eigenvalue weighted by Crippen LogP contribution is 2.30. The number of rotatable bonds is 15. The predicted octanol–water partition coefficient (Wildman–Crippen LogP) is 4.94. The number of amides is 2. The van der Waals surface area contributed by atoms with Gasteiger partial charge in [0.05, 0.1) is 19.1 Å². The van der Waals surface area contributed by atoms with Crippen molar-refractivity contribution in [2.75, 3.05) is 24.2 Å². The van der Waals surface area contributed by atoms with E-state index in [1.165, 1.54) is 22.4 Å². The van der Waals surface area contributed by atoms with Crippen molar-refractivity contribution in [1.82, 2.24) is 10.2 Å². The highest BCUT2D eigenvalue weighted by atomic mass is 32.2. The molecule has 3 aromatic carbocycles. The van der Waals surface area contributed by atoms with Crippen molar-refractivity contribution in [2.24, 2.45) is 0 Å². The lowest BCUT2D eigenvalue weighted by atomic mass is 10.0. The van der Waals surface area contributed by atoms with Crippen LogP contribution in [0.2, 0.25) is 0 Å². The van der Waals surface area contributed by atoms with Crippen molar-refractivity contribution < 1.29 is 27.1 Å². The number of ether oxygens (including phenoxy) is 1. The number of nitrogens with zero attached hydrogens (tertiary/aromatic N) is 2. The third-order valence-corrected chi connectivity index (χ3v) is 8.26. The third kappa shape index (κ3) is 9.04. The molecular weight excluding hydrogens is 557 g/mol. The summed E-state index contributed by atoms with van der Waals surface area (Å²) < 4.78 is 46.8. The smallest absolute Gasteiger partial charge is 0.243 e. The summed E-state index contributed by atoms with van der Waals surface area (Å²) in [6.07, 6.45) is 2.15. The molecule has 0 bridgehead atoms. The molecule has 0 spiro atoms. The molecule has 10 heteroatoms. The quantitative estimate of drug-likeness (QED) is 0.268. The SMILES string of the molecule is CC[C@H](C)NC(=O)[C@H](Cc1ccccc1)N(Cc1ccccc1F)C(=O)CCCN(c1ccccc1OC)S(C)(=O)=O. The molecule has 2 atom stereocenters. The number of sulfonamides is 1. The molecule has 1 N–H and O–H groups in total. The number of methoxy groups -OCH3 is 1. The van der Waals surface area contributed by atoms with Crippen molar-refractivity contribution in [2.45, 2.75) is 58.2 Å². The van der Waals surface area contributed by atoms with Gasteiger partial charge in [0.2, 0.25) is 21.8 Å². The zero-order valence-electron chi connectivity index (χ0n) is 24.6. The van der Waals surface area contributed by atoms with Crippen LogP contribution < -0.4 is 14.4 Å². The molecule has 0 radical (unpaired) electrons. The first-order chi connectivity index (χ1) is 20.0. The van der Waals surface area contributed by atoms with Crippen LogP contribution in [0.15, 0.2) is 78.9 Å². The molecule has 42 heavy (non-hydrogen) atoms. The average Bonchev–Trinajstić information content (AvgIpc) is 2.97. The molecule has 0 aliphatic heterocycles. The molecule has 226 valence electrons. The van der Waals surface area contributed by atoms with E-state index in [1.807, 2.05) is 44.2 Å². The topological polar surface area (TPSA) is 96.0 Å². The lowest BCUT2D eigenvalue weighted by molar-refractivity contribution is -0.141. The van der Waals surface area contributed by atoms with E-state index in [9.17, 15) is 22.4 Å². The number of hydrogen-bond donors (Lipinski definition) is 1. The van der Waals surface area contributed by atoms with Crippen LogP contribution in [-0.4, -0.2) is 57.1 Å². The number of hydrogen-bond acceptors (Lipinski definition) is 5. The average molecular weight is 598 g/mol. The van der Waals surface area contributed by atoms with Crippen LogP contribution in [0.1, 0.15) is 44.2 Å². The first-order valence-electron chi connectivity index (χ1n) is 14.0. The van der Waals surface area contributed by atoms with Gasteiger partial charge in [0.25, 0.3) is 0 Å². The van der Waals surface area contributed by atoms with Crippen molar-refractivity contribution >= 4 is 27.5 Å². The van der Waals surface area contributed by atoms with E-state index in [-0.39, 0.29) is 55.8 Å². The molecule has 0 aliphatic carbocycles. The lowest BCUT2D eigenvalue weighted by Crippen LogP contribution is -2.52. The molecule has 0 aliphatic rings. The summed E-state index contributed by atoms with van der Waals surface area (Å²) in [4.78, 5) is 28.9. The summed E-state index contributed by atoms with van der Waals surface area (Å²) in [5, 5.41) is 2.99. The fourth-order valence-corrected chi connectivity index (χ4v) is 5.59. The Morgan fingerprint density at radius 3 is 2.26 bits per heavy atom. The first-order valence-corrected chi connectivity index (χ1v) is 15.9. The normalized spacial score (nSPS) is 12.7. The Balaban J connectivity index is 1.91. The van der Waals surface area contributed by atoms with E-state index in [1.54, 1.807) is 42.5 Å². The third-order valence-electron chi connectivity index (χ3n) is 7.08. The van der Waals surface area contributed by atoms with Crippen molar-refractivity contribution in [3.05, 3.63) is 95.8 Å². The largest absolute Gasteiger partial charge is 0.495 e. The predicted molar refractivity (Wildman–Crippen MR) is 163 cm³/mol. The standard InChI is InChI=1S/C32H40FN3O5S/c1-5-24(2)34-32(38)29(22-25-14-7-6-8-15-25)35(23-26-16-9-10-17-27(26)33)31(37)20-13-21-36(42(4,39)40)28-18-11-12-19-30(28)41-3/h6-12,14-19,24,29H,5,13,20-23H2,1-4H3,(H,34,38)/t24-,29-/m0/s1. The molecule has 8 nitrogen and oxygen atoms in total. The van der Waals surface area contributed by atoms with Gasteiger partial charge in [0.15, 0.2) is 0 Å². The molecule has 0 heterocycles. The van der Waals surface area contributed by atoms with Gasteiger partial charge in [-0.1, -0.05) is 67.6 Å². The Labute approximate surface area is 248 Å². The van der Waals surface area contributed by atoms with Crippen LogP contribution in [0.3, 0.4) is 0 Å². The van der Waals surface area contributed by atoms with E-state index in [0.717, 1.165) is 11.8 Å². The van der Waals surface area contributed by atoms with Crippen molar-refractivity contribution in [1.29, 1.82) is 0 Å². The molecular formula is C32H40FN3O5S. The minimum absolute atomic E-state index is 0.0148. The van der Waals surface area contributed by atoms with Gasteiger partial charge in [-0.15, -0.1) is 0 Å². The molecule has 2 amide bonds. The zero-order valence-corrected chi connectivity index (χ0v) is 25.4. The maximum absolute atomic E-state index is 14.8. The Kier molecular flexibility index (Phi) is 11.9. The summed E-state index contributed by atoms with van der Waals surface area (Å²) in [7, 11) is -2.24. The van der Waals surface area contributed by atoms with Crippen LogP contribution in [0.5, 0.6) is 5.75 Å². The number of halogens is 1. The van der Waals surface area contributed by atoms with Gasteiger partial charge in [-0.2, -0.15) is 0 Å². The monoisotopic (exact) mass is 597 g/mol. The first kappa shape index (κ1) is 32.6. The minimum atomic E-state index is -3.70. The molecule has 0 saturated carbocycles. The molecule has 3 aromatic rings. The summed E-state index contributed by atoms with van der Waals surface area (Å²) in [6, 6.07) is 21.2. The Morgan fingerprint density at radius 2 is 1.62 bits per heavy atom. The van der Waals surface area contributed by atoms with Crippen LogP contribution in [0.25, 0.3) is 0 Å². The van der Waals surface area contributed by atoms with Gasteiger partial charge < -0.3 is 15.0 Å². The summed E-state index contributed by atoms with van der Waals surface area (Å²) in [6.45, 7) is 3.74. The van der Waals surface area contributed by atoms with Gasteiger partial charge in [0, 0.05) is 37.5 Å². The van der Waals surface area contributed by atoms with Gasteiger partial charge in [0.1, 0.15) is 17.6 Å². The van der Waals surface area contributed by atoms with Gasteiger partial charge in [-0.25, -0.2) is 12.8 Å². The highest BCUT2D eigenvalue weighted by molar-refractivity contribution is 7.92. The molecule has 0 aromatic heterocycles. The van der Waals surface area contributed by atoms with Crippen LogP contribution in [0.4, 0.5) is 10.1 Å². The Morgan fingerprint density at radius 1 is 0.976 bits per heavy atom. The van der Waals surface area contributed by atoms with Gasteiger partial charge >= 0.3 is 0 Å². The van der Waals surface area contributed by atoms with Crippen molar-refractivity contribution in [3.8, 4) is 5.75 Å². The summed E-state index contributed by atoms with van der Waals surface area (Å²) in [5.41, 5.74) is 1.51. The number of benzene rings is 3. The fraction of sp³-hybridized carbons (Fsp3) is 0.375. The Bertz CT molecular complexity index is 1430. The Hall–Kier alpha value is -3.92. The molecule has 3 rings (SSSR count). The summed E-state index contributed by atoms with van der Waals surface area (Å²) in [5.74, 6) is -0.799. The molecule has 0 saturated heterocycles. The van der Waals surface area contributed by atoms with Crippen LogP contribution >= 0.6 is 0 Å². The van der Waals surface area contributed by atoms with E-state index in [2.05, 4.69) is 5.32 Å². The molecule has 0 unspecified atom stereocenters. The van der Waals surface area contributed by atoms with Crippen molar-refractivity contribution in [3.63, 3.8) is 0 Å². The highest BCUT2D eigenvalue weighted by Gasteiger charge is 2.31. The second-order valence-electron chi connectivity index (χ2n) is 10.2. The number of anilines is 1. The van der Waals surface area contributed by atoms with E-state index in [4.69, 9.17) is 4.74 Å². The zero-order chi connectivity index (χ0) is 30.7. The number of carbonyl (C=O) groups is 2. The lowest BCUT2D eigenvalue weighted by Gasteiger charge is -2.33. The maximum Gasteiger partial charge on any atom is 0.243 e. The maximum atomic E-state index is 14.8. The van der Waals surface area contributed by atoms with E-state index >= 15 is 0 Å². The molecule has 0 fully saturated rings. The minimum Gasteiger partial charge on any atom is -0.495 e. The summed E-state index contributed by atoms with van der Waals surface area (Å²) >= 11 is 0. The van der Waals surface area contributed by atoms with E-state index in [0.29, 0.717) is 17.9 Å². The van der Waals surface area contributed by atoms with Gasteiger partial charge in [-0.05, 0) is 43.5 Å². The second-order valence-corrected chi connectivity index (χ2v) is 12.2. The fourth-order valence-electron chi connectivity index (χ4n) is 4.62. The number of carbonyl (C=O) groups excluding carboxylic acids is 2. The van der Waals surface area contributed by atoms with E-state index < -0.39 is 21.9 Å².